The van der Waals surface area contributed by atoms with E-state index < -0.39 is 26.5 Å². The molecule has 0 aliphatic carbocycles. The molecule has 0 aromatic carbocycles. The molecule has 0 radical (unpaired) electrons. The fraction of sp³-hybridized carbons (Fsp3) is 1.00. The van der Waals surface area contributed by atoms with Crippen LogP contribution in [-0.4, -0.2) is 46.3 Å². The summed E-state index contributed by atoms with van der Waals surface area (Å²) in [6.45, 7) is -0.850. The summed E-state index contributed by atoms with van der Waals surface area (Å²) in [6.07, 6.45) is 0. The van der Waals surface area contributed by atoms with Crippen molar-refractivity contribution in [3.8, 4) is 0 Å². The molecule has 0 aromatic rings. The van der Waals surface area contributed by atoms with Crippen LogP contribution in [0.1, 0.15) is 0 Å². The second kappa shape index (κ2) is 9.35. The Morgan fingerprint density at radius 3 is 0.895 bits per heavy atom. The van der Waals surface area contributed by atoms with E-state index in [9.17, 15) is 0 Å². The van der Waals surface area contributed by atoms with Gasteiger partial charge in [0.05, 0.1) is 19.8 Å². The summed E-state index contributed by atoms with van der Waals surface area (Å²) in [5, 5.41) is 0. The molecule has 13 heteroatoms. The van der Waals surface area contributed by atoms with Gasteiger partial charge in [0.15, 0.2) is 0 Å². The highest BCUT2D eigenvalue weighted by molar-refractivity contribution is 6.69. The van der Waals surface area contributed by atoms with E-state index in [1.165, 1.54) is 0 Å². The second-order valence-corrected chi connectivity index (χ2v) is 12.2. The van der Waals surface area contributed by atoms with Crippen molar-refractivity contribution in [2.75, 3.05) is 19.8 Å². The predicted octanol–water partition coefficient (Wildman–Crippen LogP) is 5.13. The Morgan fingerprint density at radius 2 is 0.737 bits per heavy atom. The Bertz CT molecular complexity index is 217. The number of hydrogen-bond donors (Lipinski definition) is 0. The van der Waals surface area contributed by atoms with E-state index >= 15 is 0 Å². The molecule has 0 aliphatic rings. The van der Waals surface area contributed by atoms with Crippen molar-refractivity contribution in [3.63, 3.8) is 0 Å². The van der Waals surface area contributed by atoms with Crippen LogP contribution < -0.4 is 0 Å². The number of alkyl halides is 9. The molecule has 0 unspecified atom stereocenters. The summed E-state index contributed by atoms with van der Waals surface area (Å²) in [6, 6.07) is 0. The maximum absolute atomic E-state index is 5.52. The van der Waals surface area contributed by atoms with Gasteiger partial charge in [-0.05, 0) is 0 Å². The normalized spacial score (nSPS) is 13.7. The molecule has 0 amide bonds. The van der Waals surface area contributed by atoms with E-state index in [0.717, 1.165) is 0 Å². The van der Waals surface area contributed by atoms with Gasteiger partial charge in [0, 0.05) is 0 Å². The molecular weight excluding hydrogens is 466 g/mol. The molecule has 0 saturated heterocycles. The van der Waals surface area contributed by atoms with Gasteiger partial charge in [-0.3, -0.25) is 0 Å². The van der Waals surface area contributed by atoms with E-state index in [4.69, 9.17) is 116 Å². The highest BCUT2D eigenvalue weighted by Gasteiger charge is 2.39. The van der Waals surface area contributed by atoms with E-state index in [1.807, 2.05) is 0 Å². The summed E-state index contributed by atoms with van der Waals surface area (Å²) in [5.41, 5.74) is 0. The largest absolute Gasteiger partial charge is 0.905 e. The minimum atomic E-state index is -2.79. The van der Waals surface area contributed by atoms with Gasteiger partial charge in [0.1, 0.15) is 0 Å². The van der Waals surface area contributed by atoms with Crippen LogP contribution in [-0.2, 0) is 11.4 Å². The zero-order valence-electron chi connectivity index (χ0n) is 8.83. The molecule has 0 aliphatic heterocycles. The van der Waals surface area contributed by atoms with Crippen LogP contribution in [0.3, 0.4) is 0 Å². The van der Waals surface area contributed by atoms with Crippen LogP contribution in [0.15, 0.2) is 0 Å². The number of rotatable bonds is 6. The van der Waals surface area contributed by atoms with E-state index in [0.29, 0.717) is 0 Å². The molecule has 0 spiro atoms. The van der Waals surface area contributed by atoms with Crippen molar-refractivity contribution >= 4 is 120 Å². The lowest BCUT2D eigenvalue weighted by Gasteiger charge is -2.20. The third-order valence-corrected chi connectivity index (χ3v) is 3.45. The summed E-state index contributed by atoms with van der Waals surface area (Å²) >= 11 is 46.9. The molecule has 3 nitrogen and oxygen atoms in total. The Morgan fingerprint density at radius 1 is 0.526 bits per heavy atom. The van der Waals surface area contributed by atoms with Crippen LogP contribution in [0.2, 0.25) is 0 Å². The highest BCUT2D eigenvalue weighted by atomic mass is 35.6. The Balaban J connectivity index is 4.30. The summed E-state index contributed by atoms with van der Waals surface area (Å²) in [4.78, 5) is 0. The van der Waals surface area contributed by atoms with Gasteiger partial charge in [0.25, 0.3) is 0 Å². The van der Waals surface area contributed by atoms with Gasteiger partial charge in [-0.2, -0.15) is 0 Å². The molecule has 0 atom stereocenters. The van der Waals surface area contributed by atoms with E-state index in [1.54, 1.807) is 0 Å². The summed E-state index contributed by atoms with van der Waals surface area (Å²) in [7, 11) is 0. The lowest BCUT2D eigenvalue weighted by Crippen LogP contribution is -2.36. The smallest absolute Gasteiger partial charge is 0.451 e. The number of halogens is 9. The third kappa shape index (κ3) is 17.2. The lowest BCUT2D eigenvalue weighted by atomic mass is 10.8. The fourth-order valence-electron chi connectivity index (χ4n) is 0.632. The van der Waals surface area contributed by atoms with Crippen molar-refractivity contribution in [1.82, 2.24) is 0 Å². The fourth-order valence-corrected chi connectivity index (χ4v) is 3.60. The highest BCUT2D eigenvalue weighted by Crippen LogP contribution is 2.30. The second-order valence-electron chi connectivity index (χ2n) is 3.07. The van der Waals surface area contributed by atoms with E-state index in [2.05, 4.69) is 0 Å². The molecule has 19 heavy (non-hydrogen) atoms. The molecule has 114 valence electrons. The average Bonchev–Trinajstić information content (AvgIpc) is 2.11. The summed E-state index contributed by atoms with van der Waals surface area (Å²) < 4.78 is 10.5. The summed E-state index contributed by atoms with van der Waals surface area (Å²) in [5.74, 6) is 0. The van der Waals surface area contributed by atoms with Gasteiger partial charge in [0.2, 0.25) is 11.4 Å². The Hall–Kier alpha value is 3.02. The van der Waals surface area contributed by atoms with Gasteiger partial charge in [-0.25, -0.2) is 0 Å². The minimum absolute atomic E-state index is 0.283. The first-order valence-electron chi connectivity index (χ1n) is 4.33. The van der Waals surface area contributed by atoms with Crippen LogP contribution >= 0.6 is 104 Å². The zero-order chi connectivity index (χ0) is 15.3. The topological polar surface area (TPSA) is 27.7 Å². The van der Waals surface area contributed by atoms with Gasteiger partial charge in [-0.1, -0.05) is 104 Å². The molecule has 0 aromatic heterocycles. The van der Waals surface area contributed by atoms with Crippen LogP contribution in [0.25, 0.3) is 0 Å². The molecule has 0 rings (SSSR count). The zero-order valence-corrected chi connectivity index (χ0v) is 16.8. The third-order valence-electron chi connectivity index (χ3n) is 1.15. The monoisotopic (exact) mass is 468 g/mol. The molecule has 0 saturated carbocycles. The SMILES string of the molecule is ClC(Cl)(Cl)C[O][Al]([O]CC(Cl)(Cl)Cl)[O]CC(Cl)(Cl)Cl. The molecule has 0 bridgehead atoms. The first-order chi connectivity index (χ1) is 8.29. The van der Waals surface area contributed by atoms with Gasteiger partial charge >= 0.3 is 15.1 Å². The standard InChI is InChI=1S/3C2H2Cl3O.Al/c3*3-2(4,5)1-6;/h3*1H2;/q3*-1;+3. The molecule has 0 heterocycles. The predicted molar refractivity (Wildman–Crippen MR) is 84.5 cm³/mol. The van der Waals surface area contributed by atoms with Gasteiger partial charge < -0.3 is 11.4 Å². The minimum Gasteiger partial charge on any atom is -0.451 e. The maximum atomic E-state index is 5.52. The average molecular weight is 472 g/mol. The molecule has 0 fully saturated rings. The van der Waals surface area contributed by atoms with Crippen molar-refractivity contribution in [1.29, 1.82) is 0 Å². The van der Waals surface area contributed by atoms with Crippen molar-refractivity contribution in [2.45, 2.75) is 11.4 Å². The molecular formula is C6H6AlCl9O3. The maximum Gasteiger partial charge on any atom is 0.905 e. The quantitative estimate of drug-likeness (QED) is 0.397. The van der Waals surface area contributed by atoms with Crippen molar-refractivity contribution in [3.05, 3.63) is 0 Å². The first kappa shape index (κ1) is 22.0. The first-order valence-corrected chi connectivity index (χ1v) is 9.15. The van der Waals surface area contributed by atoms with Crippen molar-refractivity contribution < 1.29 is 11.4 Å². The Kier molecular flexibility index (Phi) is 10.8. The van der Waals surface area contributed by atoms with Gasteiger partial charge in [-0.15, -0.1) is 0 Å². The molecule has 0 N–H and O–H groups in total. The van der Waals surface area contributed by atoms with E-state index in [-0.39, 0.29) is 19.8 Å². The Labute approximate surface area is 160 Å². The van der Waals surface area contributed by atoms with Crippen LogP contribution in [0, 0.1) is 0 Å². The van der Waals surface area contributed by atoms with Crippen LogP contribution in [0.5, 0.6) is 0 Å². The lowest BCUT2D eigenvalue weighted by molar-refractivity contribution is 0.0978. The van der Waals surface area contributed by atoms with Crippen LogP contribution in [0.4, 0.5) is 0 Å². The van der Waals surface area contributed by atoms with Crippen molar-refractivity contribution in [2.24, 2.45) is 0 Å². The number of hydrogen-bond acceptors (Lipinski definition) is 3.